The highest BCUT2D eigenvalue weighted by atomic mass is 16.5. The molecule has 0 amide bonds. The van der Waals surface area contributed by atoms with Crippen molar-refractivity contribution in [3.05, 3.63) is 35.9 Å². The van der Waals surface area contributed by atoms with Crippen LogP contribution in [0.2, 0.25) is 0 Å². The van der Waals surface area contributed by atoms with Crippen molar-refractivity contribution in [2.24, 2.45) is 0 Å². The highest BCUT2D eigenvalue weighted by Gasteiger charge is 2.12. The van der Waals surface area contributed by atoms with E-state index < -0.39 is 5.97 Å². The third kappa shape index (κ3) is 15.9. The second-order valence-electron chi connectivity index (χ2n) is 8.75. The first-order chi connectivity index (χ1) is 15.5. The third-order valence-corrected chi connectivity index (χ3v) is 5.84. The molecule has 2 unspecified atom stereocenters. The van der Waals surface area contributed by atoms with Crippen molar-refractivity contribution in [3.8, 4) is 0 Å². The summed E-state index contributed by atoms with van der Waals surface area (Å²) in [5, 5.41) is 8.69. The molecule has 1 aromatic rings. The Bertz CT molecular complexity index is 601. The number of esters is 1. The van der Waals surface area contributed by atoms with Gasteiger partial charge < -0.3 is 14.6 Å². The fourth-order valence-corrected chi connectivity index (χ4v) is 3.97. The summed E-state index contributed by atoms with van der Waals surface area (Å²) in [6, 6.07) is 10.4. The maximum atomic E-state index is 11.3. The van der Waals surface area contributed by atoms with E-state index in [1.165, 1.54) is 44.6 Å². The number of aliphatic carboxylic acids is 1. The third-order valence-electron chi connectivity index (χ3n) is 5.84. The molecule has 0 aliphatic rings. The average molecular weight is 449 g/mol. The molecular weight excluding hydrogens is 404 g/mol. The Morgan fingerprint density at radius 3 is 1.88 bits per heavy atom. The summed E-state index contributed by atoms with van der Waals surface area (Å²) in [6.07, 6.45) is 14.1. The van der Waals surface area contributed by atoms with Gasteiger partial charge in [-0.15, -0.1) is 0 Å². The zero-order valence-corrected chi connectivity index (χ0v) is 20.2. The average Bonchev–Trinajstić information content (AvgIpc) is 2.77. The number of rotatable bonds is 20. The van der Waals surface area contributed by atoms with Crippen molar-refractivity contribution in [3.63, 3.8) is 0 Å². The van der Waals surface area contributed by atoms with Gasteiger partial charge >= 0.3 is 11.9 Å². The minimum absolute atomic E-state index is 0.0237. The Morgan fingerprint density at radius 1 is 0.812 bits per heavy atom. The summed E-state index contributed by atoms with van der Waals surface area (Å²) in [5.74, 6) is -0.966. The Hall–Kier alpha value is -1.88. The first kappa shape index (κ1) is 28.2. The van der Waals surface area contributed by atoms with E-state index in [1.54, 1.807) is 0 Å². The smallest absolute Gasteiger partial charge is 0.303 e. The highest BCUT2D eigenvalue weighted by Crippen LogP contribution is 2.18. The summed E-state index contributed by atoms with van der Waals surface area (Å²) < 4.78 is 11.5. The molecular formula is C27H44O5. The molecule has 0 aliphatic heterocycles. The number of ether oxygens (including phenoxy) is 2. The van der Waals surface area contributed by atoms with Crippen LogP contribution in [0.15, 0.2) is 30.3 Å². The molecule has 1 rings (SSSR count). The molecule has 0 spiro atoms. The van der Waals surface area contributed by atoms with Gasteiger partial charge in [0.1, 0.15) is 6.10 Å². The van der Waals surface area contributed by atoms with Crippen molar-refractivity contribution in [1.82, 2.24) is 0 Å². The molecule has 32 heavy (non-hydrogen) atoms. The maximum absolute atomic E-state index is 11.3. The van der Waals surface area contributed by atoms with Crippen molar-refractivity contribution < 1.29 is 24.2 Å². The van der Waals surface area contributed by atoms with Crippen LogP contribution in [0.3, 0.4) is 0 Å². The van der Waals surface area contributed by atoms with Crippen LogP contribution in [0, 0.1) is 0 Å². The van der Waals surface area contributed by atoms with E-state index in [0.29, 0.717) is 19.1 Å². The van der Waals surface area contributed by atoms with Gasteiger partial charge in [-0.3, -0.25) is 9.59 Å². The number of carbonyl (C=O) groups is 2. The fraction of sp³-hybridized carbons (Fsp3) is 0.704. The molecule has 0 radical (unpaired) electrons. The molecule has 2 atom stereocenters. The summed E-state index contributed by atoms with van der Waals surface area (Å²) in [7, 11) is 0. The van der Waals surface area contributed by atoms with Crippen LogP contribution in [-0.2, 0) is 25.7 Å². The van der Waals surface area contributed by atoms with Gasteiger partial charge in [0, 0.05) is 13.3 Å². The molecule has 5 nitrogen and oxygen atoms in total. The summed E-state index contributed by atoms with van der Waals surface area (Å²) in [4.78, 5) is 21.9. The molecule has 0 saturated heterocycles. The lowest BCUT2D eigenvalue weighted by Crippen LogP contribution is -2.16. The molecule has 0 saturated carbocycles. The van der Waals surface area contributed by atoms with Crippen LogP contribution in [0.1, 0.15) is 109 Å². The van der Waals surface area contributed by atoms with Gasteiger partial charge in [-0.2, -0.15) is 0 Å². The van der Waals surface area contributed by atoms with Gasteiger partial charge in [0.25, 0.3) is 0 Å². The van der Waals surface area contributed by atoms with Gasteiger partial charge in [0.05, 0.1) is 12.7 Å². The molecule has 0 heterocycles. The second kappa shape index (κ2) is 18.7. The number of hydrogen-bond acceptors (Lipinski definition) is 4. The summed E-state index contributed by atoms with van der Waals surface area (Å²) >= 11 is 0. The molecule has 182 valence electrons. The number of hydrogen-bond donors (Lipinski definition) is 1. The molecule has 0 fully saturated rings. The van der Waals surface area contributed by atoms with E-state index in [2.05, 4.69) is 31.2 Å². The van der Waals surface area contributed by atoms with Crippen LogP contribution in [-0.4, -0.2) is 29.3 Å². The van der Waals surface area contributed by atoms with Gasteiger partial charge in [-0.25, -0.2) is 0 Å². The number of benzene rings is 1. The standard InChI is InChI=1S/C27H44O5/c1-3-25(31-22-24-16-10-8-11-17-24)18-12-6-4-5-7-13-19-26(32-23(2)28)20-14-9-15-21-27(29)30/h8,10-11,16-17,25-26H,3-7,9,12-15,18-22H2,1-2H3,(H,29,30). The normalized spacial score (nSPS) is 12.9. The van der Waals surface area contributed by atoms with Crippen molar-refractivity contribution in [1.29, 1.82) is 0 Å². The van der Waals surface area contributed by atoms with Crippen LogP contribution >= 0.6 is 0 Å². The maximum Gasteiger partial charge on any atom is 0.303 e. The minimum atomic E-state index is -0.744. The molecule has 1 N–H and O–H groups in total. The van der Waals surface area contributed by atoms with Crippen molar-refractivity contribution in [2.45, 2.75) is 123 Å². The van der Waals surface area contributed by atoms with Crippen LogP contribution in [0.4, 0.5) is 0 Å². The number of carboxylic acids is 1. The van der Waals surface area contributed by atoms with E-state index >= 15 is 0 Å². The lowest BCUT2D eigenvalue weighted by atomic mass is 10.0. The Balaban J connectivity index is 2.06. The molecule has 5 heteroatoms. The number of carbonyl (C=O) groups excluding carboxylic acids is 1. The predicted octanol–water partition coefficient (Wildman–Crippen LogP) is 7.07. The van der Waals surface area contributed by atoms with Crippen LogP contribution in [0.5, 0.6) is 0 Å². The quantitative estimate of drug-likeness (QED) is 0.171. The van der Waals surface area contributed by atoms with Gasteiger partial charge in [0.15, 0.2) is 0 Å². The largest absolute Gasteiger partial charge is 0.481 e. The van der Waals surface area contributed by atoms with Gasteiger partial charge in [0.2, 0.25) is 0 Å². The van der Waals surface area contributed by atoms with E-state index in [0.717, 1.165) is 44.9 Å². The number of carboxylic acid groups (broad SMARTS) is 1. The summed E-state index contributed by atoms with van der Waals surface area (Å²) in [6.45, 7) is 4.36. The molecule has 0 aromatic heterocycles. The van der Waals surface area contributed by atoms with E-state index in [-0.39, 0.29) is 18.5 Å². The molecule has 0 bridgehead atoms. The SMILES string of the molecule is CCC(CCCCCCCCC(CCCCCC(=O)O)OC(C)=O)OCc1ccccc1. The van der Waals surface area contributed by atoms with E-state index in [9.17, 15) is 9.59 Å². The van der Waals surface area contributed by atoms with Crippen molar-refractivity contribution >= 4 is 11.9 Å². The lowest BCUT2D eigenvalue weighted by Gasteiger charge is -2.17. The van der Waals surface area contributed by atoms with Crippen LogP contribution in [0.25, 0.3) is 0 Å². The first-order valence-corrected chi connectivity index (χ1v) is 12.6. The Kier molecular flexibility index (Phi) is 16.4. The van der Waals surface area contributed by atoms with Gasteiger partial charge in [-0.1, -0.05) is 75.8 Å². The van der Waals surface area contributed by atoms with Gasteiger partial charge in [-0.05, 0) is 50.5 Å². The Morgan fingerprint density at radius 2 is 1.34 bits per heavy atom. The lowest BCUT2D eigenvalue weighted by molar-refractivity contribution is -0.147. The van der Waals surface area contributed by atoms with E-state index in [4.69, 9.17) is 14.6 Å². The minimum Gasteiger partial charge on any atom is -0.481 e. The van der Waals surface area contributed by atoms with Crippen molar-refractivity contribution in [2.75, 3.05) is 0 Å². The predicted molar refractivity (Wildman–Crippen MR) is 129 cm³/mol. The number of unbranched alkanes of at least 4 members (excludes halogenated alkanes) is 7. The zero-order valence-electron chi connectivity index (χ0n) is 20.2. The monoisotopic (exact) mass is 448 g/mol. The first-order valence-electron chi connectivity index (χ1n) is 12.6. The highest BCUT2D eigenvalue weighted by molar-refractivity contribution is 5.66. The second-order valence-corrected chi connectivity index (χ2v) is 8.75. The zero-order chi connectivity index (χ0) is 23.4. The fourth-order valence-electron chi connectivity index (χ4n) is 3.97. The van der Waals surface area contributed by atoms with E-state index in [1.807, 2.05) is 6.07 Å². The molecule has 0 aliphatic carbocycles. The Labute approximate surface area is 194 Å². The topological polar surface area (TPSA) is 72.8 Å². The molecule has 1 aromatic carbocycles. The van der Waals surface area contributed by atoms with Crippen LogP contribution < -0.4 is 0 Å². The summed E-state index contributed by atoms with van der Waals surface area (Å²) in [5.41, 5.74) is 1.23.